The molecule has 2 N–H and O–H groups in total. The van der Waals surface area contributed by atoms with Gasteiger partial charge in [-0.05, 0) is 25.6 Å². The second-order valence-corrected chi connectivity index (χ2v) is 6.02. The lowest BCUT2D eigenvalue weighted by molar-refractivity contribution is -0.141. The molecule has 0 saturated carbocycles. The van der Waals surface area contributed by atoms with Gasteiger partial charge in [0.15, 0.2) is 0 Å². The number of rotatable bonds is 3. The molecule has 1 aromatic rings. The number of likely N-dealkylation sites (N-methyl/N-ethyl adjacent to an activating group) is 1. The van der Waals surface area contributed by atoms with E-state index in [1.54, 1.807) is 24.1 Å². The minimum absolute atomic E-state index is 0.135. The molecule has 0 bridgehead atoms. The summed E-state index contributed by atoms with van der Waals surface area (Å²) < 4.78 is 0.562. The number of halogens is 1. The molecule has 1 aliphatic heterocycles. The standard InChI is InChI=1S/C11H13ClN2O3S/c1-14-5-6(4-7(14)11(16)17)13-10(15)8-2-3-9(12)18-8/h2-3,6-7H,4-5H2,1H3,(H,13,15)(H,16,17). The predicted molar refractivity (Wildman–Crippen MR) is 69.3 cm³/mol. The molecular formula is C11H13ClN2O3S. The fourth-order valence-corrected chi connectivity index (χ4v) is 3.03. The highest BCUT2D eigenvalue weighted by molar-refractivity contribution is 7.17. The van der Waals surface area contributed by atoms with Gasteiger partial charge in [-0.3, -0.25) is 14.5 Å². The Morgan fingerprint density at radius 1 is 1.56 bits per heavy atom. The maximum absolute atomic E-state index is 11.9. The van der Waals surface area contributed by atoms with E-state index in [2.05, 4.69) is 5.32 Å². The highest BCUT2D eigenvalue weighted by Crippen LogP contribution is 2.22. The molecule has 5 nitrogen and oxygen atoms in total. The first-order valence-electron chi connectivity index (χ1n) is 5.46. The maximum Gasteiger partial charge on any atom is 0.320 e. The lowest BCUT2D eigenvalue weighted by Gasteiger charge is -2.13. The first kappa shape index (κ1) is 13.3. The Hall–Kier alpha value is -1.11. The molecule has 2 atom stereocenters. The number of nitrogens with zero attached hydrogens (tertiary/aromatic N) is 1. The van der Waals surface area contributed by atoms with Crippen molar-refractivity contribution in [2.75, 3.05) is 13.6 Å². The summed E-state index contributed by atoms with van der Waals surface area (Å²) in [5.74, 6) is -1.05. The number of carbonyl (C=O) groups excluding carboxylic acids is 1. The van der Waals surface area contributed by atoms with Crippen molar-refractivity contribution in [1.29, 1.82) is 0 Å². The number of carboxylic acids is 1. The molecule has 0 spiro atoms. The van der Waals surface area contributed by atoms with Crippen molar-refractivity contribution >= 4 is 34.8 Å². The predicted octanol–water partition coefficient (Wildman–Crippen LogP) is 1.29. The van der Waals surface area contributed by atoms with Gasteiger partial charge in [0.1, 0.15) is 6.04 Å². The molecule has 1 fully saturated rings. The largest absolute Gasteiger partial charge is 0.480 e. The van der Waals surface area contributed by atoms with E-state index in [1.165, 1.54) is 11.3 Å². The summed E-state index contributed by atoms with van der Waals surface area (Å²) in [7, 11) is 1.74. The van der Waals surface area contributed by atoms with Crippen molar-refractivity contribution in [2.45, 2.75) is 18.5 Å². The van der Waals surface area contributed by atoms with Crippen molar-refractivity contribution in [3.05, 3.63) is 21.3 Å². The number of hydrogen-bond acceptors (Lipinski definition) is 4. The lowest BCUT2D eigenvalue weighted by Crippen LogP contribution is -2.36. The number of likely N-dealkylation sites (tertiary alicyclic amines) is 1. The SMILES string of the molecule is CN1CC(NC(=O)c2ccc(Cl)s2)CC1C(=O)O. The quantitative estimate of drug-likeness (QED) is 0.879. The van der Waals surface area contributed by atoms with Crippen LogP contribution < -0.4 is 5.32 Å². The molecule has 1 aliphatic rings. The Morgan fingerprint density at radius 2 is 2.28 bits per heavy atom. The van der Waals surface area contributed by atoms with Crippen LogP contribution in [-0.2, 0) is 4.79 Å². The number of aliphatic carboxylic acids is 1. The molecule has 1 aromatic heterocycles. The summed E-state index contributed by atoms with van der Waals surface area (Å²) in [6, 6.07) is 2.67. The Bertz CT molecular complexity index is 477. The van der Waals surface area contributed by atoms with Crippen molar-refractivity contribution in [1.82, 2.24) is 10.2 Å². The van der Waals surface area contributed by atoms with Crippen LogP contribution in [0.3, 0.4) is 0 Å². The third-order valence-electron chi connectivity index (χ3n) is 2.97. The van der Waals surface area contributed by atoms with Gasteiger partial charge in [-0.2, -0.15) is 0 Å². The van der Waals surface area contributed by atoms with Crippen LogP contribution in [0.1, 0.15) is 16.1 Å². The highest BCUT2D eigenvalue weighted by Gasteiger charge is 2.35. The fraction of sp³-hybridized carbons (Fsp3) is 0.455. The number of hydrogen-bond donors (Lipinski definition) is 2. The van der Waals surface area contributed by atoms with E-state index in [0.717, 1.165) is 0 Å². The average Bonchev–Trinajstić information content (AvgIpc) is 2.85. The van der Waals surface area contributed by atoms with E-state index in [-0.39, 0.29) is 11.9 Å². The molecule has 0 aliphatic carbocycles. The van der Waals surface area contributed by atoms with Crippen LogP contribution in [0.15, 0.2) is 12.1 Å². The average molecular weight is 289 g/mol. The van der Waals surface area contributed by atoms with Gasteiger partial charge in [0.2, 0.25) is 0 Å². The first-order chi connectivity index (χ1) is 8.47. The monoisotopic (exact) mass is 288 g/mol. The summed E-state index contributed by atoms with van der Waals surface area (Å²) in [5, 5.41) is 11.8. The molecule has 2 heterocycles. The zero-order valence-electron chi connectivity index (χ0n) is 9.72. The van der Waals surface area contributed by atoms with Gasteiger partial charge in [0, 0.05) is 12.6 Å². The van der Waals surface area contributed by atoms with E-state index in [4.69, 9.17) is 16.7 Å². The van der Waals surface area contributed by atoms with Crippen molar-refractivity contribution in [3.8, 4) is 0 Å². The van der Waals surface area contributed by atoms with Crippen LogP contribution in [0.5, 0.6) is 0 Å². The zero-order chi connectivity index (χ0) is 13.3. The molecule has 18 heavy (non-hydrogen) atoms. The van der Waals surface area contributed by atoms with Crippen molar-refractivity contribution < 1.29 is 14.7 Å². The molecular weight excluding hydrogens is 276 g/mol. The highest BCUT2D eigenvalue weighted by atomic mass is 35.5. The van der Waals surface area contributed by atoms with Gasteiger partial charge in [0.05, 0.1) is 9.21 Å². The Kier molecular flexibility index (Phi) is 3.89. The van der Waals surface area contributed by atoms with Gasteiger partial charge >= 0.3 is 5.97 Å². The topological polar surface area (TPSA) is 69.6 Å². The first-order valence-corrected chi connectivity index (χ1v) is 6.66. The fourth-order valence-electron chi connectivity index (χ4n) is 2.09. The molecule has 1 amide bonds. The summed E-state index contributed by atoms with van der Waals surface area (Å²) in [6.07, 6.45) is 0.427. The van der Waals surface area contributed by atoms with Crippen LogP contribution in [0.4, 0.5) is 0 Å². The number of amides is 1. The summed E-state index contributed by atoms with van der Waals surface area (Å²) in [4.78, 5) is 25.1. The Balaban J connectivity index is 1.95. The Labute approximate surface area is 113 Å². The molecule has 1 saturated heterocycles. The molecule has 2 rings (SSSR count). The van der Waals surface area contributed by atoms with Gasteiger partial charge < -0.3 is 10.4 Å². The van der Waals surface area contributed by atoms with E-state index >= 15 is 0 Å². The number of carbonyl (C=O) groups is 2. The van der Waals surface area contributed by atoms with Gasteiger partial charge in [0.25, 0.3) is 5.91 Å². The maximum atomic E-state index is 11.9. The van der Waals surface area contributed by atoms with Crippen LogP contribution in [-0.4, -0.2) is 47.6 Å². The van der Waals surface area contributed by atoms with E-state index in [1.807, 2.05) is 0 Å². The van der Waals surface area contributed by atoms with Crippen molar-refractivity contribution in [3.63, 3.8) is 0 Å². The van der Waals surface area contributed by atoms with Gasteiger partial charge in [-0.15, -0.1) is 11.3 Å². The van der Waals surface area contributed by atoms with E-state index in [0.29, 0.717) is 22.2 Å². The number of nitrogens with one attached hydrogen (secondary N) is 1. The van der Waals surface area contributed by atoms with Crippen LogP contribution in [0.25, 0.3) is 0 Å². The smallest absolute Gasteiger partial charge is 0.320 e. The third kappa shape index (κ3) is 2.82. The third-order valence-corrected chi connectivity index (χ3v) is 4.20. The van der Waals surface area contributed by atoms with Gasteiger partial charge in [-0.25, -0.2) is 0 Å². The second-order valence-electron chi connectivity index (χ2n) is 4.30. The summed E-state index contributed by atoms with van der Waals surface area (Å²) >= 11 is 6.97. The summed E-state index contributed by atoms with van der Waals surface area (Å²) in [5.41, 5.74) is 0. The van der Waals surface area contributed by atoms with Crippen molar-refractivity contribution in [2.24, 2.45) is 0 Å². The molecule has 7 heteroatoms. The van der Waals surface area contributed by atoms with Crippen LogP contribution in [0, 0.1) is 0 Å². The Morgan fingerprint density at radius 3 is 2.78 bits per heavy atom. The van der Waals surface area contributed by atoms with E-state index in [9.17, 15) is 9.59 Å². The second kappa shape index (κ2) is 5.26. The van der Waals surface area contributed by atoms with E-state index < -0.39 is 12.0 Å². The molecule has 2 unspecified atom stereocenters. The number of thiophene rings is 1. The number of carboxylic acid groups (broad SMARTS) is 1. The minimum atomic E-state index is -0.853. The van der Waals surface area contributed by atoms with Crippen LogP contribution >= 0.6 is 22.9 Å². The normalized spacial score (nSPS) is 24.1. The van der Waals surface area contributed by atoms with Gasteiger partial charge in [-0.1, -0.05) is 11.6 Å². The zero-order valence-corrected chi connectivity index (χ0v) is 11.3. The lowest BCUT2D eigenvalue weighted by atomic mass is 10.1. The molecule has 98 valence electrons. The molecule has 0 radical (unpaired) electrons. The molecule has 0 aromatic carbocycles. The summed E-state index contributed by atoms with van der Waals surface area (Å²) in [6.45, 7) is 0.543. The van der Waals surface area contributed by atoms with Crippen LogP contribution in [0.2, 0.25) is 4.34 Å². The minimum Gasteiger partial charge on any atom is -0.480 e.